The molecule has 0 aliphatic heterocycles. The number of hydrogen-bond acceptors (Lipinski definition) is 0. The Bertz CT molecular complexity index is 8.00. The molecule has 4 heteroatoms. The summed E-state index contributed by atoms with van der Waals surface area (Å²) in [4.78, 5) is 0. The van der Waals surface area contributed by atoms with Crippen molar-refractivity contribution in [2.24, 2.45) is 0 Å². The van der Waals surface area contributed by atoms with Crippen molar-refractivity contribution in [1.82, 2.24) is 0 Å². The monoisotopic (exact) mass is 217 g/mol. The minimum absolute atomic E-state index is 0. The van der Waals surface area contributed by atoms with Crippen molar-refractivity contribution >= 4 is 8.41 Å². The van der Waals surface area contributed by atoms with Crippen LogP contribution in [0.4, 0.5) is 0 Å². The minimum atomic E-state index is 0. The topological polar surface area (TPSA) is 0 Å². The zero-order valence-corrected chi connectivity index (χ0v) is 5.63. The smallest absolute Gasteiger partial charge is 0 e. The molecular formula is H3BCrNbNi. The standard InChI is InChI=1S/BH3.Cr.Nb.Ni/h1H3;;;. The molecule has 1 radical (unpaired) electrons. The van der Waals surface area contributed by atoms with Crippen molar-refractivity contribution in [3.05, 3.63) is 0 Å². The molecule has 0 spiro atoms. The normalized spacial score (nSPS) is 0. The Labute approximate surface area is 64.2 Å². The second kappa shape index (κ2) is 21.1. The van der Waals surface area contributed by atoms with Gasteiger partial charge < -0.3 is 0 Å². The van der Waals surface area contributed by atoms with E-state index in [4.69, 9.17) is 0 Å². The van der Waals surface area contributed by atoms with Gasteiger partial charge in [-0.25, -0.2) is 0 Å². The third kappa shape index (κ3) is 9.16. The Hall–Kier alpha value is 1.83. The molecule has 0 nitrogen and oxygen atoms in total. The van der Waals surface area contributed by atoms with E-state index >= 15 is 0 Å². The third-order valence-corrected chi connectivity index (χ3v) is 0. The van der Waals surface area contributed by atoms with Crippen LogP contribution in [0.5, 0.6) is 0 Å². The van der Waals surface area contributed by atoms with Crippen molar-refractivity contribution < 1.29 is 56.2 Å². The molecule has 0 N–H and O–H groups in total. The van der Waals surface area contributed by atoms with Crippen LogP contribution in [0.2, 0.25) is 0 Å². The van der Waals surface area contributed by atoms with Gasteiger partial charge in [-0.15, -0.1) is 0 Å². The van der Waals surface area contributed by atoms with Crippen LogP contribution in [0.1, 0.15) is 0 Å². The fraction of sp³-hybridized carbons (Fsp3) is 0. The summed E-state index contributed by atoms with van der Waals surface area (Å²) in [5, 5.41) is 0. The Balaban J connectivity index is 0. The summed E-state index contributed by atoms with van der Waals surface area (Å²) in [6, 6.07) is 0. The Morgan fingerprint density at radius 3 is 1.00 bits per heavy atom. The average molecular weight is 217 g/mol. The Morgan fingerprint density at radius 2 is 1.00 bits per heavy atom. The SMILES string of the molecule is B.[Cr].[Nb].[Ni]. The van der Waals surface area contributed by atoms with Crippen LogP contribution >= 0.6 is 0 Å². The van der Waals surface area contributed by atoms with E-state index in [2.05, 4.69) is 0 Å². The van der Waals surface area contributed by atoms with Crippen molar-refractivity contribution in [2.45, 2.75) is 0 Å². The molecule has 0 aromatic rings. The molecule has 0 atom stereocenters. The van der Waals surface area contributed by atoms with Crippen molar-refractivity contribution in [2.75, 3.05) is 0 Å². The number of hydrogen-bond donors (Lipinski definition) is 0. The molecule has 0 bridgehead atoms. The summed E-state index contributed by atoms with van der Waals surface area (Å²) >= 11 is 0. The van der Waals surface area contributed by atoms with Crippen molar-refractivity contribution in [3.63, 3.8) is 0 Å². The first-order chi connectivity index (χ1) is 0. The van der Waals surface area contributed by atoms with Gasteiger partial charge in [0.05, 0.1) is 8.41 Å². The van der Waals surface area contributed by atoms with E-state index < -0.39 is 0 Å². The van der Waals surface area contributed by atoms with Crippen LogP contribution in [0.3, 0.4) is 0 Å². The summed E-state index contributed by atoms with van der Waals surface area (Å²) in [6.07, 6.45) is 0. The molecule has 0 saturated carbocycles. The zero-order chi connectivity index (χ0) is 0. The molecule has 0 aliphatic rings. The largest absolute Gasteiger partial charge is 0.0814 e. The first-order valence-electron chi connectivity index (χ1n) is 0. The van der Waals surface area contributed by atoms with E-state index in [-0.39, 0.29) is 64.6 Å². The maximum atomic E-state index is 0. The van der Waals surface area contributed by atoms with Gasteiger partial charge in [-0.1, -0.05) is 0 Å². The van der Waals surface area contributed by atoms with Crippen LogP contribution in [0.25, 0.3) is 0 Å². The molecule has 0 aromatic heterocycles. The summed E-state index contributed by atoms with van der Waals surface area (Å²) in [5.41, 5.74) is 0. The van der Waals surface area contributed by atoms with E-state index in [0.717, 1.165) is 0 Å². The molecule has 0 aliphatic carbocycles. The van der Waals surface area contributed by atoms with E-state index in [9.17, 15) is 0 Å². The predicted octanol–water partition coefficient (Wildman–Crippen LogP) is -1.19. The van der Waals surface area contributed by atoms with Crippen LogP contribution < -0.4 is 0 Å². The van der Waals surface area contributed by atoms with Gasteiger partial charge in [-0.3, -0.25) is 0 Å². The summed E-state index contributed by atoms with van der Waals surface area (Å²) in [5.74, 6) is 0. The van der Waals surface area contributed by atoms with Gasteiger partial charge in [0.15, 0.2) is 0 Å². The van der Waals surface area contributed by atoms with Gasteiger partial charge in [0.25, 0.3) is 0 Å². The van der Waals surface area contributed by atoms with Gasteiger partial charge >= 0.3 is 0 Å². The summed E-state index contributed by atoms with van der Waals surface area (Å²) < 4.78 is 0. The summed E-state index contributed by atoms with van der Waals surface area (Å²) in [6.45, 7) is 0. The first-order valence-corrected chi connectivity index (χ1v) is 0. The molecule has 0 heterocycles. The Kier molecular flexibility index (Phi) is 215. The quantitative estimate of drug-likeness (QED) is 0.448. The predicted molar refractivity (Wildman–Crippen MR) is 9.94 cm³/mol. The van der Waals surface area contributed by atoms with Crippen LogP contribution in [0, 0.1) is 0 Å². The molecule has 0 saturated heterocycles. The fourth-order valence-electron chi connectivity index (χ4n) is 0. The van der Waals surface area contributed by atoms with Gasteiger partial charge in [0.2, 0.25) is 0 Å². The Morgan fingerprint density at radius 1 is 1.00 bits per heavy atom. The van der Waals surface area contributed by atoms with Crippen molar-refractivity contribution in [1.29, 1.82) is 0 Å². The molecule has 0 unspecified atom stereocenters. The van der Waals surface area contributed by atoms with Gasteiger partial charge in [-0.2, -0.15) is 0 Å². The van der Waals surface area contributed by atoms with Gasteiger partial charge in [-0.05, 0) is 0 Å². The van der Waals surface area contributed by atoms with E-state index in [1.807, 2.05) is 0 Å². The molecular weight excluding hydrogens is 214 g/mol. The average Bonchev–Trinajstić information content (AvgIpc) is 0. The second-order valence-corrected chi connectivity index (χ2v) is 0. The number of rotatable bonds is 0. The maximum absolute atomic E-state index is 0. The van der Waals surface area contributed by atoms with E-state index in [1.165, 1.54) is 0 Å². The zero-order valence-electron chi connectivity index (χ0n) is 1.17. The van der Waals surface area contributed by atoms with Crippen molar-refractivity contribution in [3.8, 4) is 0 Å². The fourth-order valence-corrected chi connectivity index (χ4v) is 0. The van der Waals surface area contributed by atoms with E-state index in [0.29, 0.717) is 0 Å². The maximum Gasteiger partial charge on any atom is 0.0814 e. The molecule has 27 valence electrons. The summed E-state index contributed by atoms with van der Waals surface area (Å²) in [7, 11) is 0. The van der Waals surface area contributed by atoms with Crippen LogP contribution in [-0.4, -0.2) is 8.41 Å². The van der Waals surface area contributed by atoms with Gasteiger partial charge in [0.1, 0.15) is 0 Å². The molecule has 0 aromatic carbocycles. The molecule has 0 fully saturated rings. The molecule has 0 amide bonds. The minimum Gasteiger partial charge on any atom is 0 e. The third-order valence-electron chi connectivity index (χ3n) is 0. The van der Waals surface area contributed by atoms with Crippen LogP contribution in [0.15, 0.2) is 0 Å². The van der Waals surface area contributed by atoms with E-state index in [1.54, 1.807) is 0 Å². The second-order valence-electron chi connectivity index (χ2n) is 0. The first kappa shape index (κ1) is 40.6. The molecule has 0 rings (SSSR count). The van der Waals surface area contributed by atoms with Crippen LogP contribution in [-0.2, 0) is 56.2 Å². The molecule has 4 heavy (non-hydrogen) atoms. The van der Waals surface area contributed by atoms with Gasteiger partial charge in [0, 0.05) is 56.2 Å².